The average molecular weight is 262 g/mol. The van der Waals surface area contributed by atoms with Gasteiger partial charge in [0.15, 0.2) is 0 Å². The average Bonchev–Trinajstić information content (AvgIpc) is 2.72. The van der Waals surface area contributed by atoms with Crippen molar-refractivity contribution in [1.82, 2.24) is 0 Å². The molecule has 1 aromatic heterocycles. The standard InChI is InChI=1S/C16H22OS/c1-11(2)8-12(3)15(17)9-13-10-18-16-7-5-4-6-14(13)16/h4-7,10-12,15,17H,8-9H2,1-3H3. The Balaban J connectivity index is 2.09. The summed E-state index contributed by atoms with van der Waals surface area (Å²) >= 11 is 1.77. The molecule has 2 heteroatoms. The summed E-state index contributed by atoms with van der Waals surface area (Å²) in [4.78, 5) is 0. The molecule has 1 aromatic carbocycles. The molecule has 0 fully saturated rings. The lowest BCUT2D eigenvalue weighted by atomic mass is 9.90. The predicted molar refractivity (Wildman–Crippen MR) is 80.2 cm³/mol. The van der Waals surface area contributed by atoms with Crippen molar-refractivity contribution >= 4 is 21.4 Å². The molecule has 2 aromatic rings. The maximum Gasteiger partial charge on any atom is 0.0606 e. The lowest BCUT2D eigenvalue weighted by Crippen LogP contribution is -2.21. The highest BCUT2D eigenvalue weighted by Gasteiger charge is 2.17. The molecule has 0 aliphatic carbocycles. The Bertz CT molecular complexity index is 501. The van der Waals surface area contributed by atoms with E-state index in [0.717, 1.165) is 12.8 Å². The highest BCUT2D eigenvalue weighted by molar-refractivity contribution is 7.17. The van der Waals surface area contributed by atoms with Gasteiger partial charge in [-0.2, -0.15) is 0 Å². The van der Waals surface area contributed by atoms with Crippen molar-refractivity contribution in [2.24, 2.45) is 11.8 Å². The van der Waals surface area contributed by atoms with Gasteiger partial charge in [-0.1, -0.05) is 39.0 Å². The number of aliphatic hydroxyl groups is 1. The maximum atomic E-state index is 10.3. The predicted octanol–water partition coefficient (Wildman–Crippen LogP) is 4.49. The largest absolute Gasteiger partial charge is 0.393 e. The fraction of sp³-hybridized carbons (Fsp3) is 0.500. The van der Waals surface area contributed by atoms with Crippen molar-refractivity contribution in [2.45, 2.75) is 39.7 Å². The lowest BCUT2D eigenvalue weighted by molar-refractivity contribution is 0.105. The summed E-state index contributed by atoms with van der Waals surface area (Å²) < 4.78 is 1.32. The topological polar surface area (TPSA) is 20.2 Å². The first-order valence-electron chi connectivity index (χ1n) is 6.71. The van der Waals surface area contributed by atoms with Crippen LogP contribution in [0.15, 0.2) is 29.6 Å². The molecule has 2 rings (SSSR count). The van der Waals surface area contributed by atoms with Crippen LogP contribution in [0.2, 0.25) is 0 Å². The van der Waals surface area contributed by atoms with Gasteiger partial charge >= 0.3 is 0 Å². The number of hydrogen-bond acceptors (Lipinski definition) is 2. The van der Waals surface area contributed by atoms with Gasteiger partial charge in [-0.25, -0.2) is 0 Å². The van der Waals surface area contributed by atoms with Gasteiger partial charge in [-0.05, 0) is 40.7 Å². The molecule has 1 heterocycles. The second-order valence-corrected chi connectivity index (χ2v) is 6.55. The minimum Gasteiger partial charge on any atom is -0.393 e. The third kappa shape index (κ3) is 3.12. The molecule has 18 heavy (non-hydrogen) atoms. The number of benzene rings is 1. The van der Waals surface area contributed by atoms with Gasteiger partial charge < -0.3 is 5.11 Å². The molecular formula is C16H22OS. The zero-order valence-electron chi connectivity index (χ0n) is 11.4. The Morgan fingerprint density at radius 1 is 1.17 bits per heavy atom. The van der Waals surface area contributed by atoms with Crippen LogP contribution in [-0.4, -0.2) is 11.2 Å². The van der Waals surface area contributed by atoms with Crippen molar-refractivity contribution in [3.8, 4) is 0 Å². The van der Waals surface area contributed by atoms with Gasteiger partial charge in [0.2, 0.25) is 0 Å². The zero-order valence-corrected chi connectivity index (χ0v) is 12.2. The molecule has 2 atom stereocenters. The Labute approximate surface area is 113 Å². The molecule has 1 N–H and O–H groups in total. The summed E-state index contributed by atoms with van der Waals surface area (Å²) in [5.41, 5.74) is 1.29. The molecule has 0 amide bonds. The molecule has 0 saturated carbocycles. The maximum absolute atomic E-state index is 10.3. The smallest absolute Gasteiger partial charge is 0.0606 e. The van der Waals surface area contributed by atoms with E-state index in [1.807, 2.05) is 0 Å². The summed E-state index contributed by atoms with van der Waals surface area (Å²) in [5.74, 6) is 1.01. The van der Waals surface area contributed by atoms with E-state index in [0.29, 0.717) is 11.8 Å². The van der Waals surface area contributed by atoms with Crippen LogP contribution in [0.5, 0.6) is 0 Å². The molecule has 0 bridgehead atoms. The first-order chi connectivity index (χ1) is 8.58. The van der Waals surface area contributed by atoms with Crippen LogP contribution in [0.3, 0.4) is 0 Å². The SMILES string of the molecule is CC(C)CC(C)C(O)Cc1csc2ccccc12. The number of fused-ring (bicyclic) bond motifs is 1. The summed E-state index contributed by atoms with van der Waals surface area (Å²) in [6.45, 7) is 6.58. The summed E-state index contributed by atoms with van der Waals surface area (Å²) in [5, 5.41) is 13.8. The van der Waals surface area contributed by atoms with Crippen LogP contribution >= 0.6 is 11.3 Å². The zero-order chi connectivity index (χ0) is 13.1. The molecular weight excluding hydrogens is 240 g/mol. The van der Waals surface area contributed by atoms with E-state index in [1.54, 1.807) is 11.3 Å². The Morgan fingerprint density at radius 2 is 1.89 bits per heavy atom. The van der Waals surface area contributed by atoms with Crippen LogP contribution in [-0.2, 0) is 6.42 Å². The number of rotatable bonds is 5. The van der Waals surface area contributed by atoms with Crippen molar-refractivity contribution in [3.63, 3.8) is 0 Å². The van der Waals surface area contributed by atoms with E-state index in [9.17, 15) is 5.11 Å². The monoisotopic (exact) mass is 262 g/mol. The van der Waals surface area contributed by atoms with Gasteiger partial charge in [-0.3, -0.25) is 0 Å². The number of thiophene rings is 1. The van der Waals surface area contributed by atoms with Gasteiger partial charge in [0.05, 0.1) is 6.10 Å². The molecule has 1 nitrogen and oxygen atoms in total. The second kappa shape index (κ2) is 5.85. The summed E-state index contributed by atoms with van der Waals surface area (Å²) in [7, 11) is 0. The molecule has 0 aliphatic rings. The van der Waals surface area contributed by atoms with E-state index in [4.69, 9.17) is 0 Å². The number of hydrogen-bond donors (Lipinski definition) is 1. The summed E-state index contributed by atoms with van der Waals surface area (Å²) in [6.07, 6.45) is 1.63. The Hall–Kier alpha value is -0.860. The minimum absolute atomic E-state index is 0.231. The van der Waals surface area contributed by atoms with E-state index < -0.39 is 0 Å². The van der Waals surface area contributed by atoms with Crippen molar-refractivity contribution in [2.75, 3.05) is 0 Å². The minimum atomic E-state index is -0.231. The Kier molecular flexibility index (Phi) is 4.41. The fourth-order valence-electron chi connectivity index (χ4n) is 2.52. The third-order valence-electron chi connectivity index (χ3n) is 3.49. The van der Waals surface area contributed by atoms with Crippen molar-refractivity contribution < 1.29 is 5.11 Å². The first-order valence-corrected chi connectivity index (χ1v) is 7.59. The number of aliphatic hydroxyl groups excluding tert-OH is 1. The normalized spacial score (nSPS) is 15.2. The molecule has 0 spiro atoms. The van der Waals surface area contributed by atoms with Crippen LogP contribution in [0.4, 0.5) is 0 Å². The Morgan fingerprint density at radius 3 is 2.61 bits per heavy atom. The van der Waals surface area contributed by atoms with E-state index in [-0.39, 0.29) is 6.10 Å². The quantitative estimate of drug-likeness (QED) is 0.842. The lowest BCUT2D eigenvalue weighted by Gasteiger charge is -2.20. The second-order valence-electron chi connectivity index (χ2n) is 5.64. The molecule has 0 radical (unpaired) electrons. The highest BCUT2D eigenvalue weighted by Crippen LogP contribution is 2.28. The molecule has 98 valence electrons. The third-order valence-corrected chi connectivity index (χ3v) is 4.50. The van der Waals surface area contributed by atoms with E-state index >= 15 is 0 Å². The molecule has 2 unspecified atom stereocenters. The van der Waals surface area contributed by atoms with Crippen LogP contribution in [0.25, 0.3) is 10.1 Å². The first kappa shape index (κ1) is 13.6. The van der Waals surface area contributed by atoms with Gasteiger partial charge in [-0.15, -0.1) is 11.3 Å². The molecule has 0 saturated heterocycles. The van der Waals surface area contributed by atoms with Gasteiger partial charge in [0, 0.05) is 11.1 Å². The highest BCUT2D eigenvalue weighted by atomic mass is 32.1. The summed E-state index contributed by atoms with van der Waals surface area (Å²) in [6, 6.07) is 8.44. The van der Waals surface area contributed by atoms with Crippen molar-refractivity contribution in [3.05, 3.63) is 35.2 Å². The van der Waals surface area contributed by atoms with Crippen molar-refractivity contribution in [1.29, 1.82) is 0 Å². The van der Waals surface area contributed by atoms with Gasteiger partial charge in [0.25, 0.3) is 0 Å². The van der Waals surface area contributed by atoms with Crippen LogP contribution in [0.1, 0.15) is 32.8 Å². The van der Waals surface area contributed by atoms with E-state index in [1.165, 1.54) is 15.6 Å². The van der Waals surface area contributed by atoms with Gasteiger partial charge in [0.1, 0.15) is 0 Å². The van der Waals surface area contributed by atoms with E-state index in [2.05, 4.69) is 50.4 Å². The molecule has 0 aliphatic heterocycles. The van der Waals surface area contributed by atoms with Crippen LogP contribution in [0, 0.1) is 11.8 Å². The van der Waals surface area contributed by atoms with Crippen LogP contribution < -0.4 is 0 Å². The fourth-order valence-corrected chi connectivity index (χ4v) is 3.49.